The first-order valence-corrected chi connectivity index (χ1v) is 4.46. The lowest BCUT2D eigenvalue weighted by Gasteiger charge is -2.04. The lowest BCUT2D eigenvalue weighted by Crippen LogP contribution is -2.13. The van der Waals surface area contributed by atoms with Crippen LogP contribution in [0.1, 0.15) is 0 Å². The molecule has 3 rings (SSSR count). The Kier molecular flexibility index (Phi) is 2.32. The van der Waals surface area contributed by atoms with Crippen molar-refractivity contribution in [2.45, 2.75) is 13.1 Å². The summed E-state index contributed by atoms with van der Waals surface area (Å²) in [6, 6.07) is 0. The average Bonchev–Trinajstić information content (AvgIpc) is 2.51. The highest BCUT2D eigenvalue weighted by atomic mass is 35.5. The van der Waals surface area contributed by atoms with E-state index in [1.54, 1.807) is 12.7 Å². The van der Waals surface area contributed by atoms with Crippen LogP contribution in [0.2, 0.25) is 0 Å². The van der Waals surface area contributed by atoms with Gasteiger partial charge in [-0.15, -0.1) is 12.4 Å². The van der Waals surface area contributed by atoms with Gasteiger partial charge in [0.1, 0.15) is 11.2 Å². The molecule has 0 fully saturated rings. The summed E-state index contributed by atoms with van der Waals surface area (Å²) >= 11 is 0. The Bertz CT molecular complexity index is 580. The van der Waals surface area contributed by atoms with Crippen molar-refractivity contribution in [2.75, 3.05) is 0 Å². The Morgan fingerprint density at radius 1 is 1.07 bits per heavy atom. The van der Waals surface area contributed by atoms with Crippen molar-refractivity contribution in [3.05, 3.63) is 30.3 Å². The Morgan fingerprint density at radius 2 is 1.67 bits per heavy atom. The molecule has 15 heavy (non-hydrogen) atoms. The van der Waals surface area contributed by atoms with E-state index in [4.69, 9.17) is 5.41 Å². The number of aromatic nitrogens is 4. The molecule has 1 aliphatic rings. The number of allylic oxidation sites excluding steroid dienone is 2. The molecular weight excluding hydrogens is 214 g/mol. The predicted molar refractivity (Wildman–Crippen MR) is 57.8 cm³/mol. The summed E-state index contributed by atoms with van der Waals surface area (Å²) in [5.74, 6) is 0. The van der Waals surface area contributed by atoms with Gasteiger partial charge in [-0.25, -0.2) is 9.97 Å². The topological polar surface area (TPSA) is 59.5 Å². The minimum Gasteiger partial charge on any atom is -0.313 e. The highest BCUT2D eigenvalue weighted by Gasteiger charge is 2.09. The van der Waals surface area contributed by atoms with Crippen molar-refractivity contribution in [2.24, 2.45) is 0 Å². The largest absolute Gasteiger partial charge is 0.313 e. The standard InChI is InChI=1S/C9H9N5.ClH/c10-8-7-9-13(5-11-7)3-1-2-4-14(9)6-12-8;/h1-2,5-6,10H,3-4H2;1H. The molecule has 0 saturated heterocycles. The maximum atomic E-state index is 7.62. The minimum atomic E-state index is 0. The molecule has 0 aliphatic carbocycles. The molecule has 6 heteroatoms. The Morgan fingerprint density at radius 3 is 2.33 bits per heavy atom. The average molecular weight is 224 g/mol. The summed E-state index contributed by atoms with van der Waals surface area (Å²) in [6.07, 6.45) is 7.64. The molecule has 78 valence electrons. The summed E-state index contributed by atoms with van der Waals surface area (Å²) in [4.78, 5) is 8.18. The van der Waals surface area contributed by atoms with Crippen LogP contribution in [0.4, 0.5) is 0 Å². The normalized spacial score (nSPS) is 13.6. The van der Waals surface area contributed by atoms with E-state index < -0.39 is 0 Å². The maximum absolute atomic E-state index is 7.62. The van der Waals surface area contributed by atoms with Gasteiger partial charge in [0.05, 0.1) is 12.7 Å². The van der Waals surface area contributed by atoms with Crippen LogP contribution < -0.4 is 5.49 Å². The number of rotatable bonds is 0. The molecule has 0 amide bonds. The third-order valence-electron chi connectivity index (χ3n) is 2.40. The molecule has 0 saturated carbocycles. The third kappa shape index (κ3) is 1.35. The molecule has 0 spiro atoms. The first kappa shape index (κ1) is 9.92. The van der Waals surface area contributed by atoms with Gasteiger partial charge in [-0.05, 0) is 0 Å². The van der Waals surface area contributed by atoms with E-state index in [-0.39, 0.29) is 17.9 Å². The van der Waals surface area contributed by atoms with E-state index in [1.807, 2.05) is 9.13 Å². The highest BCUT2D eigenvalue weighted by molar-refractivity contribution is 5.85. The van der Waals surface area contributed by atoms with Gasteiger partial charge in [0.25, 0.3) is 0 Å². The molecule has 1 aliphatic heterocycles. The second-order valence-electron chi connectivity index (χ2n) is 3.29. The smallest absolute Gasteiger partial charge is 0.176 e. The zero-order valence-corrected chi connectivity index (χ0v) is 8.74. The molecule has 0 aromatic carbocycles. The fourth-order valence-electron chi connectivity index (χ4n) is 1.73. The number of hydrogen-bond acceptors (Lipinski definition) is 3. The van der Waals surface area contributed by atoms with Crippen molar-refractivity contribution in [1.82, 2.24) is 19.1 Å². The lowest BCUT2D eigenvalue weighted by molar-refractivity contribution is 0.774. The monoisotopic (exact) mass is 223 g/mol. The number of nitrogens with one attached hydrogen (secondary N) is 1. The van der Waals surface area contributed by atoms with Gasteiger partial charge in [-0.1, -0.05) is 12.2 Å². The molecule has 2 aromatic rings. The molecular formula is C9H10ClN5. The van der Waals surface area contributed by atoms with Gasteiger partial charge < -0.3 is 9.13 Å². The SMILES string of the molecule is Cl.N=c1ncn2c3c1ncn3CC=CC2. The number of halogens is 1. The van der Waals surface area contributed by atoms with Crippen LogP contribution in [0, 0.1) is 5.41 Å². The fraction of sp³-hybridized carbons (Fsp3) is 0.222. The van der Waals surface area contributed by atoms with Crippen molar-refractivity contribution in [3.8, 4) is 0 Å². The molecule has 0 radical (unpaired) electrons. The van der Waals surface area contributed by atoms with Crippen molar-refractivity contribution in [3.63, 3.8) is 0 Å². The van der Waals surface area contributed by atoms with Crippen LogP contribution >= 0.6 is 12.4 Å². The molecule has 0 unspecified atom stereocenters. The molecule has 3 heterocycles. The quantitative estimate of drug-likeness (QED) is 0.669. The first-order valence-electron chi connectivity index (χ1n) is 4.46. The highest BCUT2D eigenvalue weighted by Crippen LogP contribution is 2.10. The second-order valence-corrected chi connectivity index (χ2v) is 3.29. The predicted octanol–water partition coefficient (Wildman–Crippen LogP) is 0.704. The van der Waals surface area contributed by atoms with Crippen LogP contribution in [-0.2, 0) is 13.1 Å². The number of hydrogen-bond donors (Lipinski definition) is 1. The maximum Gasteiger partial charge on any atom is 0.176 e. The van der Waals surface area contributed by atoms with Crippen molar-refractivity contribution in [1.29, 1.82) is 5.41 Å². The molecule has 0 atom stereocenters. The van der Waals surface area contributed by atoms with Crippen LogP contribution in [0.3, 0.4) is 0 Å². The lowest BCUT2D eigenvalue weighted by atomic mass is 10.5. The summed E-state index contributed by atoms with van der Waals surface area (Å²) in [5, 5.41) is 7.62. The van der Waals surface area contributed by atoms with Crippen molar-refractivity contribution < 1.29 is 0 Å². The molecule has 0 bridgehead atoms. The van der Waals surface area contributed by atoms with Gasteiger partial charge in [-0.2, -0.15) is 0 Å². The Labute approximate surface area is 92.0 Å². The fourth-order valence-corrected chi connectivity index (χ4v) is 1.73. The van der Waals surface area contributed by atoms with Crippen LogP contribution in [-0.4, -0.2) is 19.1 Å². The van der Waals surface area contributed by atoms with E-state index in [0.29, 0.717) is 5.52 Å². The van der Waals surface area contributed by atoms with Crippen LogP contribution in [0.5, 0.6) is 0 Å². The number of nitrogens with zero attached hydrogens (tertiary/aromatic N) is 4. The summed E-state index contributed by atoms with van der Waals surface area (Å²) in [6.45, 7) is 1.62. The second kappa shape index (κ2) is 3.51. The molecule has 1 N–H and O–H groups in total. The van der Waals surface area contributed by atoms with Gasteiger partial charge >= 0.3 is 0 Å². The van der Waals surface area contributed by atoms with Gasteiger partial charge in [0.2, 0.25) is 0 Å². The van der Waals surface area contributed by atoms with Gasteiger partial charge in [-0.3, -0.25) is 5.41 Å². The van der Waals surface area contributed by atoms with Crippen LogP contribution in [0.25, 0.3) is 11.2 Å². The zero-order chi connectivity index (χ0) is 9.54. The first-order chi connectivity index (χ1) is 6.86. The van der Waals surface area contributed by atoms with E-state index in [2.05, 4.69) is 22.1 Å². The summed E-state index contributed by atoms with van der Waals surface area (Å²) in [7, 11) is 0. The minimum absolute atomic E-state index is 0. The van der Waals surface area contributed by atoms with Crippen LogP contribution in [0.15, 0.2) is 24.8 Å². The van der Waals surface area contributed by atoms with Gasteiger partial charge in [0.15, 0.2) is 5.49 Å². The van der Waals surface area contributed by atoms with E-state index in [1.165, 1.54) is 0 Å². The van der Waals surface area contributed by atoms with Gasteiger partial charge in [0, 0.05) is 13.1 Å². The Balaban J connectivity index is 0.000000853. The van der Waals surface area contributed by atoms with E-state index >= 15 is 0 Å². The molecule has 5 nitrogen and oxygen atoms in total. The molecule has 2 aromatic heterocycles. The third-order valence-corrected chi connectivity index (χ3v) is 2.40. The summed E-state index contributed by atoms with van der Waals surface area (Å²) < 4.78 is 4.03. The van der Waals surface area contributed by atoms with Crippen molar-refractivity contribution >= 4 is 23.6 Å². The zero-order valence-electron chi connectivity index (χ0n) is 7.92. The Hall–Kier alpha value is -1.62. The van der Waals surface area contributed by atoms with E-state index in [0.717, 1.165) is 18.7 Å². The number of imidazole rings is 1. The summed E-state index contributed by atoms with van der Waals surface area (Å²) in [5.41, 5.74) is 1.91. The van der Waals surface area contributed by atoms with E-state index in [9.17, 15) is 0 Å².